The molecule has 2 heterocycles. The molecule has 21 heavy (non-hydrogen) atoms. The normalized spacial score (nSPS) is 16.9. The lowest BCUT2D eigenvalue weighted by Crippen LogP contribution is -2.35. The topological polar surface area (TPSA) is 37.4 Å². The van der Waals surface area contributed by atoms with E-state index in [-0.39, 0.29) is 5.54 Å². The van der Waals surface area contributed by atoms with Crippen LogP contribution in [0.1, 0.15) is 45.6 Å². The highest BCUT2D eigenvalue weighted by atomic mass is 16.5. The van der Waals surface area contributed by atoms with Crippen LogP contribution in [0.25, 0.3) is 0 Å². The van der Waals surface area contributed by atoms with Crippen LogP contribution in [-0.2, 0) is 6.54 Å². The van der Waals surface area contributed by atoms with E-state index in [0.29, 0.717) is 0 Å². The van der Waals surface area contributed by atoms with Crippen LogP contribution in [0.2, 0.25) is 0 Å². The summed E-state index contributed by atoms with van der Waals surface area (Å²) in [5.41, 5.74) is 1.34. The van der Waals surface area contributed by atoms with Crippen molar-refractivity contribution in [3.05, 3.63) is 23.9 Å². The molecule has 1 aromatic heterocycles. The van der Waals surface area contributed by atoms with E-state index in [4.69, 9.17) is 4.74 Å². The van der Waals surface area contributed by atoms with Gasteiger partial charge in [0.2, 0.25) is 5.88 Å². The lowest BCUT2D eigenvalue weighted by atomic mass is 10.1. The maximum absolute atomic E-state index is 5.80. The van der Waals surface area contributed by atoms with Gasteiger partial charge in [-0.1, -0.05) is 6.42 Å². The first-order chi connectivity index (χ1) is 10.0. The van der Waals surface area contributed by atoms with Gasteiger partial charge in [0.05, 0.1) is 0 Å². The number of ether oxygens (including phenoxy) is 1. The Balaban J connectivity index is 1.75. The number of hydrogen-bond acceptors (Lipinski definition) is 4. The minimum absolute atomic E-state index is 0.124. The molecule has 1 fully saturated rings. The Bertz CT molecular complexity index is 422. The number of nitrogens with one attached hydrogen (secondary N) is 1. The maximum Gasteiger partial charge on any atom is 0.213 e. The molecule has 0 spiro atoms. The van der Waals surface area contributed by atoms with Gasteiger partial charge in [-0.05, 0) is 58.3 Å². The van der Waals surface area contributed by atoms with Crippen molar-refractivity contribution >= 4 is 0 Å². The third kappa shape index (κ3) is 6.44. The number of likely N-dealkylation sites (tertiary alicyclic amines) is 1. The second-order valence-corrected chi connectivity index (χ2v) is 6.86. The fourth-order valence-electron chi connectivity index (χ4n) is 2.47. The van der Waals surface area contributed by atoms with Crippen LogP contribution in [0.5, 0.6) is 5.88 Å². The molecule has 2 rings (SSSR count). The molecule has 1 N–H and O–H groups in total. The molecule has 0 atom stereocenters. The van der Waals surface area contributed by atoms with Crippen molar-refractivity contribution < 1.29 is 4.74 Å². The highest BCUT2D eigenvalue weighted by molar-refractivity contribution is 5.20. The second kappa shape index (κ2) is 7.76. The Hall–Kier alpha value is -1.13. The van der Waals surface area contributed by atoms with Gasteiger partial charge >= 0.3 is 0 Å². The smallest absolute Gasteiger partial charge is 0.213 e. The molecule has 4 heteroatoms. The van der Waals surface area contributed by atoms with Crippen molar-refractivity contribution in [3.63, 3.8) is 0 Å². The lowest BCUT2D eigenvalue weighted by molar-refractivity contribution is 0.180. The Morgan fingerprint density at radius 2 is 2.00 bits per heavy atom. The Morgan fingerprint density at radius 3 is 2.71 bits per heavy atom. The molecule has 0 amide bonds. The number of pyridine rings is 1. The Kier molecular flexibility index (Phi) is 6.00. The fourth-order valence-corrected chi connectivity index (χ4v) is 2.47. The first-order valence-corrected chi connectivity index (χ1v) is 8.08. The predicted molar refractivity (Wildman–Crippen MR) is 86.6 cm³/mol. The first kappa shape index (κ1) is 16.2. The molecule has 0 unspecified atom stereocenters. The van der Waals surface area contributed by atoms with Gasteiger partial charge < -0.3 is 10.1 Å². The monoisotopic (exact) mass is 291 g/mol. The van der Waals surface area contributed by atoms with Crippen molar-refractivity contribution in [2.24, 2.45) is 0 Å². The minimum Gasteiger partial charge on any atom is -0.476 e. The molecule has 118 valence electrons. The van der Waals surface area contributed by atoms with Crippen molar-refractivity contribution in [3.8, 4) is 5.88 Å². The standard InChI is InChI=1S/C17H29N3O/c1-17(2,3)19-14-15-7-8-18-16(13-15)21-12-11-20-9-5-4-6-10-20/h7-8,13,19H,4-6,9-12,14H2,1-3H3. The van der Waals surface area contributed by atoms with Crippen LogP contribution in [0.3, 0.4) is 0 Å². The van der Waals surface area contributed by atoms with E-state index in [1.54, 1.807) is 0 Å². The van der Waals surface area contributed by atoms with Crippen molar-refractivity contribution in [1.29, 1.82) is 0 Å². The van der Waals surface area contributed by atoms with Gasteiger partial charge in [-0.15, -0.1) is 0 Å². The predicted octanol–water partition coefficient (Wildman–Crippen LogP) is 2.83. The van der Waals surface area contributed by atoms with Crippen LogP contribution in [0, 0.1) is 0 Å². The van der Waals surface area contributed by atoms with E-state index in [1.165, 1.54) is 37.9 Å². The zero-order chi connectivity index (χ0) is 15.1. The number of rotatable bonds is 6. The van der Waals surface area contributed by atoms with Crippen molar-refractivity contribution in [2.45, 2.75) is 52.1 Å². The van der Waals surface area contributed by atoms with Gasteiger partial charge in [-0.3, -0.25) is 4.90 Å². The first-order valence-electron chi connectivity index (χ1n) is 8.08. The summed E-state index contributed by atoms with van der Waals surface area (Å²) in [6.45, 7) is 11.5. The van der Waals surface area contributed by atoms with Crippen molar-refractivity contribution in [2.75, 3.05) is 26.2 Å². The summed E-state index contributed by atoms with van der Waals surface area (Å²) in [5, 5.41) is 3.48. The van der Waals surface area contributed by atoms with Crippen molar-refractivity contribution in [1.82, 2.24) is 15.2 Å². The zero-order valence-corrected chi connectivity index (χ0v) is 13.7. The highest BCUT2D eigenvalue weighted by Crippen LogP contribution is 2.12. The summed E-state index contributed by atoms with van der Waals surface area (Å²) in [7, 11) is 0. The molecule has 1 aliphatic heterocycles. The zero-order valence-electron chi connectivity index (χ0n) is 13.7. The summed E-state index contributed by atoms with van der Waals surface area (Å²) in [6, 6.07) is 4.07. The van der Waals surface area contributed by atoms with E-state index in [0.717, 1.165) is 25.6 Å². The minimum atomic E-state index is 0.124. The summed E-state index contributed by atoms with van der Waals surface area (Å²) in [4.78, 5) is 6.78. The fraction of sp³-hybridized carbons (Fsp3) is 0.706. The number of nitrogens with zero attached hydrogens (tertiary/aromatic N) is 2. The lowest BCUT2D eigenvalue weighted by Gasteiger charge is -2.26. The third-order valence-electron chi connectivity index (χ3n) is 3.73. The summed E-state index contributed by atoms with van der Waals surface area (Å²) >= 11 is 0. The van der Waals surface area contributed by atoms with Gasteiger partial charge in [0.1, 0.15) is 6.61 Å². The van der Waals surface area contributed by atoms with Gasteiger partial charge in [0.25, 0.3) is 0 Å². The van der Waals surface area contributed by atoms with Gasteiger partial charge in [0.15, 0.2) is 0 Å². The largest absolute Gasteiger partial charge is 0.476 e. The molecular weight excluding hydrogens is 262 g/mol. The van der Waals surface area contributed by atoms with Crippen LogP contribution in [-0.4, -0.2) is 41.7 Å². The van der Waals surface area contributed by atoms with E-state index in [1.807, 2.05) is 18.3 Å². The van der Waals surface area contributed by atoms with E-state index in [2.05, 4.69) is 36.0 Å². The molecule has 0 saturated carbocycles. The Morgan fingerprint density at radius 1 is 1.24 bits per heavy atom. The third-order valence-corrected chi connectivity index (χ3v) is 3.73. The molecule has 0 aliphatic carbocycles. The average Bonchev–Trinajstić information content (AvgIpc) is 2.46. The molecule has 0 aromatic carbocycles. The molecule has 1 aliphatic rings. The van der Waals surface area contributed by atoms with Crippen LogP contribution < -0.4 is 10.1 Å². The van der Waals surface area contributed by atoms with Crippen LogP contribution in [0.15, 0.2) is 18.3 Å². The van der Waals surface area contributed by atoms with Gasteiger partial charge in [-0.25, -0.2) is 4.98 Å². The second-order valence-electron chi connectivity index (χ2n) is 6.86. The maximum atomic E-state index is 5.80. The quantitative estimate of drug-likeness (QED) is 0.874. The number of hydrogen-bond donors (Lipinski definition) is 1. The molecule has 1 aromatic rings. The van der Waals surface area contributed by atoms with E-state index < -0.39 is 0 Å². The number of piperidine rings is 1. The van der Waals surface area contributed by atoms with Crippen LogP contribution >= 0.6 is 0 Å². The van der Waals surface area contributed by atoms with E-state index in [9.17, 15) is 0 Å². The van der Waals surface area contributed by atoms with Crippen LogP contribution in [0.4, 0.5) is 0 Å². The van der Waals surface area contributed by atoms with Gasteiger partial charge in [-0.2, -0.15) is 0 Å². The average molecular weight is 291 g/mol. The molecular formula is C17H29N3O. The Labute approximate surface area is 128 Å². The summed E-state index contributed by atoms with van der Waals surface area (Å²) < 4.78 is 5.80. The molecule has 0 radical (unpaired) electrons. The molecule has 0 bridgehead atoms. The highest BCUT2D eigenvalue weighted by Gasteiger charge is 2.10. The molecule has 1 saturated heterocycles. The molecule has 4 nitrogen and oxygen atoms in total. The number of aromatic nitrogens is 1. The summed E-state index contributed by atoms with van der Waals surface area (Å²) in [6.07, 6.45) is 5.86. The SMILES string of the molecule is CC(C)(C)NCc1ccnc(OCCN2CCCCC2)c1. The van der Waals surface area contributed by atoms with Gasteiger partial charge in [0, 0.05) is 30.9 Å². The summed E-state index contributed by atoms with van der Waals surface area (Å²) in [5.74, 6) is 0.736. The van der Waals surface area contributed by atoms with E-state index >= 15 is 0 Å².